The Morgan fingerprint density at radius 3 is 1.31 bits per heavy atom. The van der Waals surface area contributed by atoms with Crippen molar-refractivity contribution < 1.29 is 0 Å². The van der Waals surface area contributed by atoms with E-state index in [9.17, 15) is 0 Å². The maximum absolute atomic E-state index is 6.29. The van der Waals surface area contributed by atoms with Gasteiger partial charge in [-0.05, 0) is 32.6 Å². The summed E-state index contributed by atoms with van der Waals surface area (Å²) in [6.45, 7) is 4.42. The summed E-state index contributed by atoms with van der Waals surface area (Å²) >= 11 is 0. The zero-order valence-corrected chi connectivity index (χ0v) is 11.4. The highest BCUT2D eigenvalue weighted by atomic mass is 14.7. The molecule has 96 valence electrons. The fourth-order valence-corrected chi connectivity index (χ4v) is 2.91. The molecular weight excluding hydrogens is 194 g/mol. The third-order valence-electron chi connectivity index (χ3n) is 4.16. The fraction of sp³-hybridized carbons (Fsp3) is 1.00. The van der Waals surface area contributed by atoms with Crippen LogP contribution in [0.15, 0.2) is 0 Å². The molecule has 0 amide bonds. The van der Waals surface area contributed by atoms with Gasteiger partial charge < -0.3 is 5.73 Å². The molecule has 1 rings (SSSR count). The largest absolute Gasteiger partial charge is 0.325 e. The molecule has 0 radical (unpaired) electrons. The molecule has 1 nitrogen and oxygen atoms in total. The maximum Gasteiger partial charge on any atom is 0.0125 e. The molecule has 0 aromatic heterocycles. The Balaban J connectivity index is 2.36. The number of hydrogen-bond donors (Lipinski definition) is 1. The third kappa shape index (κ3) is 5.89. The first-order chi connectivity index (χ1) is 7.61. The van der Waals surface area contributed by atoms with Crippen molar-refractivity contribution in [3.63, 3.8) is 0 Å². The molecule has 2 N–H and O–H groups in total. The quantitative estimate of drug-likeness (QED) is 0.691. The molecular formula is C15H31N. The summed E-state index contributed by atoms with van der Waals surface area (Å²) in [6.07, 6.45) is 15.6. The van der Waals surface area contributed by atoms with E-state index in [0.717, 1.165) is 5.92 Å². The van der Waals surface area contributed by atoms with E-state index in [4.69, 9.17) is 5.73 Å². The molecule has 1 saturated carbocycles. The second-order valence-corrected chi connectivity index (χ2v) is 6.28. The predicted molar refractivity (Wildman–Crippen MR) is 72.5 cm³/mol. The molecule has 1 aliphatic carbocycles. The summed E-state index contributed by atoms with van der Waals surface area (Å²) in [5.74, 6) is 0.743. The first-order valence-corrected chi connectivity index (χ1v) is 7.39. The molecule has 0 heterocycles. The lowest BCUT2D eigenvalue weighted by Crippen LogP contribution is -2.40. The van der Waals surface area contributed by atoms with Gasteiger partial charge in [-0.1, -0.05) is 57.8 Å². The van der Waals surface area contributed by atoms with Crippen LogP contribution >= 0.6 is 0 Å². The van der Waals surface area contributed by atoms with Crippen molar-refractivity contribution in [2.45, 2.75) is 90.0 Å². The Kier molecular flexibility index (Phi) is 6.41. The van der Waals surface area contributed by atoms with Gasteiger partial charge in [0, 0.05) is 5.54 Å². The zero-order valence-electron chi connectivity index (χ0n) is 11.4. The summed E-state index contributed by atoms with van der Waals surface area (Å²) in [7, 11) is 0. The Bertz CT molecular complexity index is 157. The Morgan fingerprint density at radius 2 is 1.00 bits per heavy atom. The lowest BCUT2D eigenvalue weighted by Gasteiger charge is -2.31. The molecule has 0 spiro atoms. The summed E-state index contributed by atoms with van der Waals surface area (Å²) in [5, 5.41) is 0. The first-order valence-electron chi connectivity index (χ1n) is 7.39. The van der Waals surface area contributed by atoms with Crippen LogP contribution in [-0.4, -0.2) is 5.54 Å². The molecule has 0 bridgehead atoms. The van der Waals surface area contributed by atoms with E-state index in [1.54, 1.807) is 0 Å². The van der Waals surface area contributed by atoms with Gasteiger partial charge in [0.2, 0.25) is 0 Å². The molecule has 0 aromatic rings. The smallest absolute Gasteiger partial charge is 0.0125 e. The van der Waals surface area contributed by atoms with Crippen molar-refractivity contribution in [1.82, 2.24) is 0 Å². The van der Waals surface area contributed by atoms with E-state index in [1.165, 1.54) is 70.6 Å². The summed E-state index contributed by atoms with van der Waals surface area (Å²) in [6, 6.07) is 0. The van der Waals surface area contributed by atoms with Crippen molar-refractivity contribution in [3.8, 4) is 0 Å². The lowest BCUT2D eigenvalue weighted by molar-refractivity contribution is 0.265. The van der Waals surface area contributed by atoms with Crippen LogP contribution in [0.25, 0.3) is 0 Å². The molecule has 0 atom stereocenters. The fourth-order valence-electron chi connectivity index (χ4n) is 2.91. The van der Waals surface area contributed by atoms with Crippen molar-refractivity contribution >= 4 is 0 Å². The van der Waals surface area contributed by atoms with E-state index in [0.29, 0.717) is 0 Å². The summed E-state index contributed by atoms with van der Waals surface area (Å²) in [5.41, 5.74) is 6.32. The SMILES string of the molecule is CC(C)(N)C1CCCCCCCCCCC1. The van der Waals surface area contributed by atoms with Crippen molar-refractivity contribution in [2.75, 3.05) is 0 Å². The van der Waals surface area contributed by atoms with Crippen LogP contribution in [0.2, 0.25) is 0 Å². The van der Waals surface area contributed by atoms with Crippen LogP contribution in [0.1, 0.15) is 84.5 Å². The highest BCUT2D eigenvalue weighted by molar-refractivity contribution is 4.82. The van der Waals surface area contributed by atoms with Gasteiger partial charge in [0.25, 0.3) is 0 Å². The van der Waals surface area contributed by atoms with Crippen LogP contribution < -0.4 is 5.73 Å². The van der Waals surface area contributed by atoms with Gasteiger partial charge >= 0.3 is 0 Å². The highest BCUT2D eigenvalue weighted by Crippen LogP contribution is 2.27. The molecule has 1 aliphatic rings. The number of rotatable bonds is 1. The van der Waals surface area contributed by atoms with Crippen LogP contribution in [0.4, 0.5) is 0 Å². The molecule has 0 unspecified atom stereocenters. The van der Waals surface area contributed by atoms with Gasteiger partial charge in [0.05, 0.1) is 0 Å². The van der Waals surface area contributed by atoms with Gasteiger partial charge in [-0.3, -0.25) is 0 Å². The summed E-state index contributed by atoms with van der Waals surface area (Å²) in [4.78, 5) is 0. The topological polar surface area (TPSA) is 26.0 Å². The van der Waals surface area contributed by atoms with Gasteiger partial charge in [-0.15, -0.1) is 0 Å². The minimum Gasteiger partial charge on any atom is -0.325 e. The van der Waals surface area contributed by atoms with Crippen molar-refractivity contribution in [3.05, 3.63) is 0 Å². The second kappa shape index (κ2) is 7.32. The van der Waals surface area contributed by atoms with E-state index in [1.807, 2.05) is 0 Å². The molecule has 0 saturated heterocycles. The van der Waals surface area contributed by atoms with E-state index in [2.05, 4.69) is 13.8 Å². The molecule has 0 aromatic carbocycles. The average molecular weight is 225 g/mol. The molecule has 0 aliphatic heterocycles. The van der Waals surface area contributed by atoms with E-state index in [-0.39, 0.29) is 5.54 Å². The Morgan fingerprint density at radius 1 is 0.688 bits per heavy atom. The molecule has 1 fully saturated rings. The third-order valence-corrected chi connectivity index (χ3v) is 4.16. The average Bonchev–Trinajstić information content (AvgIpc) is 2.16. The monoisotopic (exact) mass is 225 g/mol. The van der Waals surface area contributed by atoms with Crippen molar-refractivity contribution in [2.24, 2.45) is 11.7 Å². The normalized spacial score (nSPS) is 23.4. The highest BCUT2D eigenvalue weighted by Gasteiger charge is 2.23. The minimum atomic E-state index is 0.0319. The van der Waals surface area contributed by atoms with E-state index < -0.39 is 0 Å². The van der Waals surface area contributed by atoms with Crippen LogP contribution in [-0.2, 0) is 0 Å². The number of hydrogen-bond acceptors (Lipinski definition) is 1. The predicted octanol–water partition coefficient (Wildman–Crippen LogP) is 4.64. The standard InChI is InChI=1S/C15H31N/c1-15(2,16)14-12-10-8-6-4-3-5-7-9-11-13-14/h14H,3-13,16H2,1-2H3. The Hall–Kier alpha value is -0.0400. The van der Waals surface area contributed by atoms with Gasteiger partial charge in [-0.2, -0.15) is 0 Å². The van der Waals surface area contributed by atoms with Gasteiger partial charge in [0.1, 0.15) is 0 Å². The van der Waals surface area contributed by atoms with Gasteiger partial charge in [-0.25, -0.2) is 0 Å². The van der Waals surface area contributed by atoms with Crippen LogP contribution in [0.3, 0.4) is 0 Å². The van der Waals surface area contributed by atoms with E-state index >= 15 is 0 Å². The zero-order chi connectivity index (χ0) is 11.9. The first kappa shape index (κ1) is 14.0. The molecule has 16 heavy (non-hydrogen) atoms. The van der Waals surface area contributed by atoms with Crippen molar-refractivity contribution in [1.29, 1.82) is 0 Å². The van der Waals surface area contributed by atoms with Gasteiger partial charge in [0.15, 0.2) is 0 Å². The molecule has 1 heteroatoms. The number of nitrogens with two attached hydrogens (primary N) is 1. The maximum atomic E-state index is 6.29. The second-order valence-electron chi connectivity index (χ2n) is 6.28. The van der Waals surface area contributed by atoms with Crippen LogP contribution in [0, 0.1) is 5.92 Å². The minimum absolute atomic E-state index is 0.0319. The lowest BCUT2D eigenvalue weighted by atomic mass is 9.80. The Labute approximate surface area is 102 Å². The summed E-state index contributed by atoms with van der Waals surface area (Å²) < 4.78 is 0. The van der Waals surface area contributed by atoms with Crippen LogP contribution in [0.5, 0.6) is 0 Å².